The molecule has 0 atom stereocenters. The molecule has 0 radical (unpaired) electrons. The first-order valence-corrected chi connectivity index (χ1v) is 9.97. The van der Waals surface area contributed by atoms with Crippen LogP contribution in [0.4, 0.5) is 5.82 Å². The van der Waals surface area contributed by atoms with E-state index in [1.165, 1.54) is 0 Å². The van der Waals surface area contributed by atoms with Crippen molar-refractivity contribution in [2.24, 2.45) is 0 Å². The average Bonchev–Trinajstić information content (AvgIpc) is 2.67. The fourth-order valence-electron chi connectivity index (χ4n) is 2.97. The van der Waals surface area contributed by atoms with E-state index in [2.05, 4.69) is 17.1 Å². The first-order chi connectivity index (χ1) is 12.7. The van der Waals surface area contributed by atoms with E-state index in [-0.39, 0.29) is 5.91 Å². The summed E-state index contributed by atoms with van der Waals surface area (Å²) in [6.45, 7) is 7.69. The van der Waals surface area contributed by atoms with E-state index in [0.717, 1.165) is 54.0 Å². The number of anilines is 1. The number of thioether (sulfide) groups is 1. The van der Waals surface area contributed by atoms with Crippen LogP contribution in [0.1, 0.15) is 28.4 Å². The number of rotatable bonds is 6. The van der Waals surface area contributed by atoms with Crippen LogP contribution in [-0.4, -0.2) is 42.9 Å². The minimum atomic E-state index is -0.0664. The molecule has 1 N–H and O–H groups in total. The molecule has 0 saturated carbocycles. The number of hydrogen-bond donors (Lipinski definition) is 1. The summed E-state index contributed by atoms with van der Waals surface area (Å²) in [4.78, 5) is 19.8. The Hall–Kier alpha value is -2.05. The molecule has 1 aliphatic rings. The van der Waals surface area contributed by atoms with Gasteiger partial charge in [0.05, 0.1) is 18.8 Å². The number of nitrogens with zero attached hydrogens (tertiary/aromatic N) is 2. The molecule has 2 aromatic rings. The molecule has 1 saturated heterocycles. The second kappa shape index (κ2) is 9.05. The monoisotopic (exact) mass is 371 g/mol. The van der Waals surface area contributed by atoms with E-state index in [1.807, 2.05) is 43.3 Å². The van der Waals surface area contributed by atoms with E-state index in [0.29, 0.717) is 12.1 Å². The summed E-state index contributed by atoms with van der Waals surface area (Å²) < 4.78 is 5.43. The van der Waals surface area contributed by atoms with Crippen molar-refractivity contribution in [3.63, 3.8) is 0 Å². The highest BCUT2D eigenvalue weighted by atomic mass is 32.2. The minimum absolute atomic E-state index is 0.0664. The van der Waals surface area contributed by atoms with Gasteiger partial charge in [-0.05, 0) is 29.9 Å². The Morgan fingerprint density at radius 3 is 2.69 bits per heavy atom. The molecular formula is C20H25N3O2S. The van der Waals surface area contributed by atoms with Crippen molar-refractivity contribution in [2.45, 2.75) is 25.4 Å². The van der Waals surface area contributed by atoms with Crippen molar-refractivity contribution < 1.29 is 9.53 Å². The maximum absolute atomic E-state index is 12.8. The molecule has 5 nitrogen and oxygen atoms in total. The predicted molar refractivity (Wildman–Crippen MR) is 106 cm³/mol. The summed E-state index contributed by atoms with van der Waals surface area (Å²) in [6.07, 6.45) is 0. The largest absolute Gasteiger partial charge is 0.378 e. The molecule has 0 unspecified atom stereocenters. The second-order valence-electron chi connectivity index (χ2n) is 6.18. The first kappa shape index (κ1) is 18.7. The maximum Gasteiger partial charge on any atom is 0.254 e. The number of ether oxygens (including phenoxy) is 1. The van der Waals surface area contributed by atoms with E-state index < -0.39 is 0 Å². The van der Waals surface area contributed by atoms with Gasteiger partial charge in [-0.3, -0.25) is 4.79 Å². The zero-order valence-electron chi connectivity index (χ0n) is 15.3. The standard InChI is InChI=1S/C20H25N3O2S/c1-3-26-20-18(19(24)21-14-16-7-5-4-6-8-16)15(2)13-17(22-20)23-9-11-25-12-10-23/h4-8,13H,3,9-12,14H2,1-2H3,(H,21,24). The fraction of sp³-hybridized carbons (Fsp3) is 0.400. The number of aromatic nitrogens is 1. The van der Waals surface area contributed by atoms with E-state index in [1.54, 1.807) is 11.8 Å². The molecule has 138 valence electrons. The normalized spacial score (nSPS) is 14.3. The number of nitrogens with one attached hydrogen (secondary N) is 1. The molecule has 1 aromatic carbocycles. The summed E-state index contributed by atoms with van der Waals surface area (Å²) in [6, 6.07) is 12.0. The van der Waals surface area contributed by atoms with E-state index in [4.69, 9.17) is 9.72 Å². The molecule has 1 aliphatic heterocycles. The molecule has 0 bridgehead atoms. The Kier molecular flexibility index (Phi) is 6.52. The summed E-state index contributed by atoms with van der Waals surface area (Å²) in [5, 5.41) is 3.83. The van der Waals surface area contributed by atoms with Crippen LogP contribution in [0.25, 0.3) is 0 Å². The molecule has 0 aliphatic carbocycles. The van der Waals surface area contributed by atoms with Crippen LogP contribution in [0, 0.1) is 6.92 Å². The smallest absolute Gasteiger partial charge is 0.254 e. The molecule has 0 spiro atoms. The molecule has 26 heavy (non-hydrogen) atoms. The van der Waals surface area contributed by atoms with Crippen molar-refractivity contribution in [1.82, 2.24) is 10.3 Å². The Morgan fingerprint density at radius 2 is 2.00 bits per heavy atom. The third kappa shape index (κ3) is 4.56. The Bertz CT molecular complexity index is 746. The van der Waals surface area contributed by atoms with Gasteiger partial charge in [0.15, 0.2) is 0 Å². The highest BCUT2D eigenvalue weighted by molar-refractivity contribution is 7.99. The highest BCUT2D eigenvalue weighted by Crippen LogP contribution is 2.28. The number of hydrogen-bond acceptors (Lipinski definition) is 5. The Morgan fingerprint density at radius 1 is 1.27 bits per heavy atom. The van der Waals surface area contributed by atoms with Crippen molar-refractivity contribution in [3.05, 3.63) is 53.1 Å². The minimum Gasteiger partial charge on any atom is -0.378 e. The first-order valence-electron chi connectivity index (χ1n) is 8.98. The predicted octanol–water partition coefficient (Wildman–Crippen LogP) is 3.27. The van der Waals surface area contributed by atoms with Crippen LogP contribution < -0.4 is 10.2 Å². The second-order valence-corrected chi connectivity index (χ2v) is 7.43. The summed E-state index contributed by atoms with van der Waals surface area (Å²) in [5.41, 5.74) is 2.73. The van der Waals surface area contributed by atoms with Gasteiger partial charge >= 0.3 is 0 Å². The van der Waals surface area contributed by atoms with Crippen molar-refractivity contribution in [1.29, 1.82) is 0 Å². The molecule has 1 aromatic heterocycles. The van der Waals surface area contributed by atoms with Gasteiger partial charge in [-0.2, -0.15) is 0 Å². The SMILES string of the molecule is CCSc1nc(N2CCOCC2)cc(C)c1C(=O)NCc1ccccc1. The quantitative estimate of drug-likeness (QED) is 0.790. The maximum atomic E-state index is 12.8. The Balaban J connectivity index is 1.81. The van der Waals surface area contributed by atoms with E-state index >= 15 is 0 Å². The van der Waals surface area contributed by atoms with Gasteiger partial charge in [0, 0.05) is 19.6 Å². The molecule has 2 heterocycles. The summed E-state index contributed by atoms with van der Waals surface area (Å²) in [5.74, 6) is 1.74. The lowest BCUT2D eigenvalue weighted by Gasteiger charge is -2.28. The number of amides is 1. The Labute approximate surface area is 159 Å². The van der Waals surface area contributed by atoms with Gasteiger partial charge in [0.25, 0.3) is 5.91 Å². The topological polar surface area (TPSA) is 54.5 Å². The van der Waals surface area contributed by atoms with Gasteiger partial charge < -0.3 is 15.0 Å². The fourth-order valence-corrected chi connectivity index (χ4v) is 3.79. The number of aryl methyl sites for hydroxylation is 1. The summed E-state index contributed by atoms with van der Waals surface area (Å²) in [7, 11) is 0. The number of pyridine rings is 1. The van der Waals surface area contributed by atoms with Gasteiger partial charge in [0.1, 0.15) is 10.8 Å². The number of benzene rings is 1. The van der Waals surface area contributed by atoms with Gasteiger partial charge in [-0.25, -0.2) is 4.98 Å². The number of carbonyl (C=O) groups is 1. The highest BCUT2D eigenvalue weighted by Gasteiger charge is 2.20. The number of morpholine rings is 1. The van der Waals surface area contributed by atoms with Gasteiger partial charge in [0.2, 0.25) is 0 Å². The van der Waals surface area contributed by atoms with Gasteiger partial charge in [-0.15, -0.1) is 11.8 Å². The lowest BCUT2D eigenvalue weighted by Crippen LogP contribution is -2.37. The third-order valence-corrected chi connectivity index (χ3v) is 5.17. The van der Waals surface area contributed by atoms with Crippen LogP contribution in [0.15, 0.2) is 41.4 Å². The third-order valence-electron chi connectivity index (χ3n) is 4.31. The molecule has 3 rings (SSSR count). The summed E-state index contributed by atoms with van der Waals surface area (Å²) >= 11 is 1.61. The van der Waals surface area contributed by atoms with Crippen molar-refractivity contribution in [3.8, 4) is 0 Å². The molecule has 1 amide bonds. The van der Waals surface area contributed by atoms with Gasteiger partial charge in [-0.1, -0.05) is 37.3 Å². The van der Waals surface area contributed by atoms with Crippen LogP contribution in [0.3, 0.4) is 0 Å². The zero-order chi connectivity index (χ0) is 18.4. The lowest BCUT2D eigenvalue weighted by atomic mass is 10.1. The van der Waals surface area contributed by atoms with Crippen LogP contribution in [0.5, 0.6) is 0 Å². The van der Waals surface area contributed by atoms with Crippen molar-refractivity contribution >= 4 is 23.5 Å². The van der Waals surface area contributed by atoms with Crippen LogP contribution in [-0.2, 0) is 11.3 Å². The average molecular weight is 372 g/mol. The molecular weight excluding hydrogens is 346 g/mol. The molecule has 1 fully saturated rings. The lowest BCUT2D eigenvalue weighted by molar-refractivity contribution is 0.0946. The zero-order valence-corrected chi connectivity index (χ0v) is 16.1. The molecule has 6 heteroatoms. The van der Waals surface area contributed by atoms with Crippen LogP contribution >= 0.6 is 11.8 Å². The van der Waals surface area contributed by atoms with Crippen molar-refractivity contribution in [2.75, 3.05) is 37.0 Å². The van der Waals surface area contributed by atoms with Crippen LogP contribution in [0.2, 0.25) is 0 Å². The van der Waals surface area contributed by atoms with E-state index in [9.17, 15) is 4.79 Å². The number of carbonyl (C=O) groups excluding carboxylic acids is 1.